The Morgan fingerprint density at radius 1 is 1.08 bits per heavy atom. The number of hydrogen-bond acceptors (Lipinski definition) is 5. The number of hydrogen-bond donors (Lipinski definition) is 0. The summed E-state index contributed by atoms with van der Waals surface area (Å²) < 4.78 is 10.5. The van der Waals surface area contributed by atoms with Crippen molar-refractivity contribution in [2.45, 2.75) is 0 Å². The maximum Gasteiger partial charge on any atom is 0.267 e. The number of nitrogens with zero attached hydrogens (tertiary/aromatic N) is 2. The first-order valence-electron chi connectivity index (χ1n) is 7.35. The van der Waals surface area contributed by atoms with E-state index < -0.39 is 0 Å². The van der Waals surface area contributed by atoms with Crippen molar-refractivity contribution in [3.8, 4) is 11.5 Å². The minimum absolute atomic E-state index is 0.159. The van der Waals surface area contributed by atoms with Gasteiger partial charge in [-0.1, -0.05) is 29.4 Å². The number of rotatable bonds is 7. The lowest BCUT2D eigenvalue weighted by atomic mass is 10.2. The summed E-state index contributed by atoms with van der Waals surface area (Å²) in [4.78, 5) is 18.7. The van der Waals surface area contributed by atoms with Crippen molar-refractivity contribution >= 4 is 17.8 Å². The number of anilines is 1. The van der Waals surface area contributed by atoms with Crippen LogP contribution in [-0.4, -0.2) is 40.0 Å². The van der Waals surface area contributed by atoms with Crippen molar-refractivity contribution in [3.05, 3.63) is 54.1 Å². The summed E-state index contributed by atoms with van der Waals surface area (Å²) in [7, 11) is 4.80. The number of oxime groups is 1. The van der Waals surface area contributed by atoms with Crippen molar-refractivity contribution < 1.29 is 19.1 Å². The topological polar surface area (TPSA) is 60.4 Å². The molecule has 0 N–H and O–H groups in total. The number of para-hydroxylation sites is 2. The molecule has 0 bridgehead atoms. The molecular weight excluding hydrogens is 308 g/mol. The average molecular weight is 328 g/mol. The number of methoxy groups -OCH3 is 2. The van der Waals surface area contributed by atoms with Gasteiger partial charge in [-0.2, -0.15) is 0 Å². The largest absolute Gasteiger partial charge is 0.493 e. The van der Waals surface area contributed by atoms with Gasteiger partial charge >= 0.3 is 0 Å². The maximum absolute atomic E-state index is 12.1. The monoisotopic (exact) mass is 328 g/mol. The fraction of sp³-hybridized carbons (Fsp3) is 0.222. The lowest BCUT2D eigenvalue weighted by Crippen LogP contribution is -2.29. The smallest absolute Gasteiger partial charge is 0.267 e. The first-order chi connectivity index (χ1) is 11.7. The number of carbonyl (C=O) groups is 1. The molecule has 2 aromatic carbocycles. The van der Waals surface area contributed by atoms with Crippen molar-refractivity contribution in [3.63, 3.8) is 0 Å². The van der Waals surface area contributed by atoms with Crippen molar-refractivity contribution in [2.75, 3.05) is 32.8 Å². The lowest BCUT2D eigenvalue weighted by Gasteiger charge is -2.16. The predicted molar refractivity (Wildman–Crippen MR) is 92.9 cm³/mol. The van der Waals surface area contributed by atoms with Crippen LogP contribution in [-0.2, 0) is 9.63 Å². The average Bonchev–Trinajstić information content (AvgIpc) is 2.64. The molecule has 24 heavy (non-hydrogen) atoms. The maximum atomic E-state index is 12.1. The molecule has 0 aliphatic carbocycles. The number of ether oxygens (including phenoxy) is 2. The fourth-order valence-electron chi connectivity index (χ4n) is 2.09. The third-order valence-corrected chi connectivity index (χ3v) is 3.41. The van der Waals surface area contributed by atoms with Crippen LogP contribution in [0.2, 0.25) is 0 Å². The molecule has 0 unspecified atom stereocenters. The molecule has 126 valence electrons. The van der Waals surface area contributed by atoms with Gasteiger partial charge in [-0.25, -0.2) is 0 Å². The van der Waals surface area contributed by atoms with Crippen LogP contribution in [0.25, 0.3) is 0 Å². The zero-order valence-electron chi connectivity index (χ0n) is 13.9. The van der Waals surface area contributed by atoms with Gasteiger partial charge < -0.3 is 19.2 Å². The summed E-state index contributed by atoms with van der Waals surface area (Å²) >= 11 is 0. The second kappa shape index (κ2) is 8.57. The third-order valence-electron chi connectivity index (χ3n) is 3.41. The van der Waals surface area contributed by atoms with Crippen LogP contribution in [0.15, 0.2) is 53.7 Å². The van der Waals surface area contributed by atoms with Gasteiger partial charge in [-0.3, -0.25) is 4.79 Å². The van der Waals surface area contributed by atoms with Crippen LogP contribution in [0.1, 0.15) is 5.56 Å². The molecule has 0 saturated heterocycles. The number of amides is 1. The van der Waals surface area contributed by atoms with Gasteiger partial charge in [0, 0.05) is 18.3 Å². The molecule has 0 aromatic heterocycles. The van der Waals surface area contributed by atoms with Crippen LogP contribution in [0.5, 0.6) is 11.5 Å². The molecule has 0 spiro atoms. The molecule has 1 amide bonds. The zero-order valence-corrected chi connectivity index (χ0v) is 13.9. The van der Waals surface area contributed by atoms with E-state index in [1.54, 1.807) is 27.3 Å². The Morgan fingerprint density at radius 2 is 1.83 bits per heavy atom. The molecular formula is C18H20N2O4. The highest BCUT2D eigenvalue weighted by molar-refractivity contribution is 5.93. The Labute approximate surface area is 141 Å². The second-order valence-corrected chi connectivity index (χ2v) is 4.88. The van der Waals surface area contributed by atoms with E-state index in [4.69, 9.17) is 14.3 Å². The molecule has 6 heteroatoms. The van der Waals surface area contributed by atoms with Crippen LogP contribution in [0.3, 0.4) is 0 Å². The second-order valence-electron chi connectivity index (χ2n) is 4.88. The molecule has 2 aromatic rings. The van der Waals surface area contributed by atoms with Gasteiger partial charge in [0.15, 0.2) is 18.1 Å². The van der Waals surface area contributed by atoms with Gasteiger partial charge in [0.2, 0.25) is 0 Å². The van der Waals surface area contributed by atoms with Crippen molar-refractivity contribution in [1.29, 1.82) is 0 Å². The lowest BCUT2D eigenvalue weighted by molar-refractivity contribution is -0.122. The highest BCUT2D eigenvalue weighted by atomic mass is 16.6. The van der Waals surface area contributed by atoms with E-state index in [2.05, 4.69) is 5.16 Å². The Hall–Kier alpha value is -3.02. The molecule has 0 fully saturated rings. The van der Waals surface area contributed by atoms with E-state index >= 15 is 0 Å². The van der Waals surface area contributed by atoms with Gasteiger partial charge in [-0.15, -0.1) is 0 Å². The molecule has 0 aliphatic heterocycles. The molecule has 6 nitrogen and oxygen atoms in total. The van der Waals surface area contributed by atoms with Crippen LogP contribution < -0.4 is 14.4 Å². The molecule has 0 saturated carbocycles. The first-order valence-corrected chi connectivity index (χ1v) is 7.35. The van der Waals surface area contributed by atoms with Crippen molar-refractivity contribution in [2.24, 2.45) is 5.16 Å². The van der Waals surface area contributed by atoms with E-state index in [0.29, 0.717) is 17.1 Å². The SMILES string of the molecule is COc1cccc(/C=N/OCC(=O)N(C)c2ccccc2)c1OC. The highest BCUT2D eigenvalue weighted by Crippen LogP contribution is 2.29. The number of likely N-dealkylation sites (N-methyl/N-ethyl adjacent to an activating group) is 1. The third kappa shape index (κ3) is 4.25. The Kier molecular flexibility index (Phi) is 6.19. The van der Waals surface area contributed by atoms with Gasteiger partial charge in [0.05, 0.1) is 20.4 Å². The molecule has 0 aliphatic rings. The molecule has 0 atom stereocenters. The zero-order chi connectivity index (χ0) is 17.4. The van der Waals surface area contributed by atoms with Crippen LogP contribution in [0, 0.1) is 0 Å². The highest BCUT2D eigenvalue weighted by Gasteiger charge is 2.11. The standard InChI is InChI=1S/C18H20N2O4/c1-20(15-9-5-4-6-10-15)17(21)13-24-19-12-14-8-7-11-16(22-2)18(14)23-3/h4-12H,13H2,1-3H3/b19-12+. The molecule has 2 rings (SSSR count). The van der Waals surface area contributed by atoms with E-state index in [9.17, 15) is 4.79 Å². The van der Waals surface area contributed by atoms with E-state index in [1.165, 1.54) is 11.1 Å². The van der Waals surface area contributed by atoms with Gasteiger partial charge in [0.25, 0.3) is 5.91 Å². The van der Waals surface area contributed by atoms with Crippen LogP contribution in [0.4, 0.5) is 5.69 Å². The predicted octanol–water partition coefficient (Wildman–Crippen LogP) is 2.72. The van der Waals surface area contributed by atoms with Crippen molar-refractivity contribution in [1.82, 2.24) is 0 Å². The summed E-state index contributed by atoms with van der Waals surface area (Å²) in [5, 5.41) is 3.83. The summed E-state index contributed by atoms with van der Waals surface area (Å²) in [6.07, 6.45) is 1.48. The first kappa shape index (κ1) is 17.3. The fourth-order valence-corrected chi connectivity index (χ4v) is 2.09. The van der Waals surface area contributed by atoms with Gasteiger partial charge in [-0.05, 0) is 24.3 Å². The minimum atomic E-state index is -0.198. The minimum Gasteiger partial charge on any atom is -0.493 e. The number of benzene rings is 2. The molecule has 0 heterocycles. The van der Waals surface area contributed by atoms with E-state index in [-0.39, 0.29) is 12.5 Å². The Bertz CT molecular complexity index is 701. The summed E-state index contributed by atoms with van der Waals surface area (Å²) in [6.45, 7) is -0.159. The quantitative estimate of drug-likeness (QED) is 0.579. The Morgan fingerprint density at radius 3 is 2.50 bits per heavy atom. The summed E-state index contributed by atoms with van der Waals surface area (Å²) in [5.74, 6) is 0.956. The van der Waals surface area contributed by atoms with Crippen LogP contribution >= 0.6 is 0 Å². The van der Waals surface area contributed by atoms with E-state index in [1.807, 2.05) is 42.5 Å². The summed E-state index contributed by atoms with van der Waals surface area (Å²) in [6, 6.07) is 14.7. The van der Waals surface area contributed by atoms with E-state index in [0.717, 1.165) is 5.69 Å². The van der Waals surface area contributed by atoms with Gasteiger partial charge in [0.1, 0.15) is 0 Å². The normalized spacial score (nSPS) is 10.5. The molecule has 0 radical (unpaired) electrons. The summed E-state index contributed by atoms with van der Waals surface area (Å²) in [5.41, 5.74) is 1.49. The number of carbonyl (C=O) groups excluding carboxylic acids is 1. The Balaban J connectivity index is 1.94.